The van der Waals surface area contributed by atoms with E-state index in [1.807, 2.05) is 0 Å². The minimum absolute atomic E-state index is 0.386. The third-order valence-electron chi connectivity index (χ3n) is 3.75. The van der Waals surface area contributed by atoms with Crippen LogP contribution < -0.4 is 5.32 Å². The van der Waals surface area contributed by atoms with E-state index in [1.165, 1.54) is 26.1 Å². The molecule has 0 heterocycles. The van der Waals surface area contributed by atoms with Crippen LogP contribution in [0.25, 0.3) is 0 Å². The van der Waals surface area contributed by atoms with E-state index in [0.29, 0.717) is 5.41 Å². The van der Waals surface area contributed by atoms with Gasteiger partial charge in [0.15, 0.2) is 0 Å². The summed E-state index contributed by atoms with van der Waals surface area (Å²) in [5.74, 6) is 0.738. The molecule has 3 nitrogen and oxygen atoms in total. The van der Waals surface area contributed by atoms with E-state index in [2.05, 4.69) is 63.8 Å². The van der Waals surface area contributed by atoms with Crippen molar-refractivity contribution in [3.63, 3.8) is 0 Å². The van der Waals surface area contributed by atoms with Crippen LogP contribution in [0.15, 0.2) is 0 Å². The Kier molecular flexibility index (Phi) is 9.67. The monoisotopic (exact) mass is 271 g/mol. The van der Waals surface area contributed by atoms with Crippen molar-refractivity contribution in [1.29, 1.82) is 0 Å². The molecule has 1 unspecified atom stereocenters. The summed E-state index contributed by atoms with van der Waals surface area (Å²) in [5.41, 5.74) is 0.386. The second-order valence-corrected chi connectivity index (χ2v) is 6.88. The van der Waals surface area contributed by atoms with Crippen molar-refractivity contribution in [2.24, 2.45) is 11.3 Å². The summed E-state index contributed by atoms with van der Waals surface area (Å²) >= 11 is 0. The summed E-state index contributed by atoms with van der Waals surface area (Å²) in [6, 6.07) is 0. The van der Waals surface area contributed by atoms with Crippen LogP contribution in [0.3, 0.4) is 0 Å². The van der Waals surface area contributed by atoms with Gasteiger partial charge >= 0.3 is 0 Å². The Hall–Kier alpha value is -0.120. The van der Waals surface area contributed by atoms with Crippen LogP contribution in [0.1, 0.15) is 41.0 Å². The molecule has 0 amide bonds. The average molecular weight is 271 g/mol. The maximum Gasteiger partial charge on any atom is 0.0109 e. The number of hydrogen-bond donors (Lipinski definition) is 1. The fraction of sp³-hybridized carbons (Fsp3) is 1.00. The normalized spacial score (nSPS) is 15.5. The van der Waals surface area contributed by atoms with Gasteiger partial charge in [-0.15, -0.1) is 0 Å². The molecule has 0 aliphatic heterocycles. The summed E-state index contributed by atoms with van der Waals surface area (Å²) in [7, 11) is 4.32. The van der Waals surface area contributed by atoms with E-state index in [-0.39, 0.29) is 0 Å². The highest BCUT2D eigenvalue weighted by atomic mass is 15.2. The minimum Gasteiger partial charge on any atom is -0.316 e. The van der Waals surface area contributed by atoms with Crippen molar-refractivity contribution in [3.05, 3.63) is 0 Å². The Morgan fingerprint density at radius 3 is 2.16 bits per heavy atom. The average Bonchev–Trinajstić information content (AvgIpc) is 2.33. The van der Waals surface area contributed by atoms with Gasteiger partial charge in [-0.25, -0.2) is 0 Å². The fourth-order valence-corrected chi connectivity index (χ4v) is 2.35. The molecule has 0 spiro atoms. The lowest BCUT2D eigenvalue weighted by atomic mass is 9.86. The maximum atomic E-state index is 3.53. The van der Waals surface area contributed by atoms with Crippen LogP contribution in [0, 0.1) is 11.3 Å². The molecule has 0 bridgehead atoms. The third kappa shape index (κ3) is 9.42. The van der Waals surface area contributed by atoms with Crippen molar-refractivity contribution >= 4 is 0 Å². The summed E-state index contributed by atoms with van der Waals surface area (Å²) < 4.78 is 0. The molecule has 1 N–H and O–H groups in total. The Morgan fingerprint density at radius 2 is 1.74 bits per heavy atom. The summed E-state index contributed by atoms with van der Waals surface area (Å²) in [6.07, 6.45) is 1.23. The predicted molar refractivity (Wildman–Crippen MR) is 86.8 cm³/mol. The van der Waals surface area contributed by atoms with Crippen LogP contribution in [-0.2, 0) is 0 Å². The first kappa shape index (κ1) is 18.9. The molecular weight excluding hydrogens is 234 g/mol. The second-order valence-electron chi connectivity index (χ2n) is 6.88. The molecule has 0 rings (SSSR count). The first-order valence-corrected chi connectivity index (χ1v) is 7.90. The quantitative estimate of drug-likeness (QED) is 0.623. The van der Waals surface area contributed by atoms with Gasteiger partial charge in [-0.05, 0) is 38.4 Å². The Balaban J connectivity index is 4.47. The number of rotatable bonds is 11. The predicted octanol–water partition coefficient (Wildman–Crippen LogP) is 2.53. The van der Waals surface area contributed by atoms with Crippen molar-refractivity contribution in [2.75, 3.05) is 53.4 Å². The summed E-state index contributed by atoms with van der Waals surface area (Å²) in [4.78, 5) is 4.92. The molecular formula is C16H37N3. The minimum atomic E-state index is 0.386. The van der Waals surface area contributed by atoms with Gasteiger partial charge in [0, 0.05) is 32.7 Å². The number of nitrogens with zero attached hydrogens (tertiary/aromatic N) is 2. The fourth-order valence-electron chi connectivity index (χ4n) is 2.35. The van der Waals surface area contributed by atoms with Crippen molar-refractivity contribution in [1.82, 2.24) is 15.1 Å². The molecule has 0 aromatic carbocycles. The van der Waals surface area contributed by atoms with Gasteiger partial charge < -0.3 is 15.1 Å². The Labute approximate surface area is 121 Å². The third-order valence-corrected chi connectivity index (χ3v) is 3.75. The molecule has 0 radical (unpaired) electrons. The van der Waals surface area contributed by atoms with E-state index in [9.17, 15) is 0 Å². The van der Waals surface area contributed by atoms with E-state index < -0.39 is 0 Å². The number of nitrogens with one attached hydrogen (secondary N) is 1. The van der Waals surface area contributed by atoms with Gasteiger partial charge in [0.1, 0.15) is 0 Å². The molecule has 0 aliphatic rings. The van der Waals surface area contributed by atoms with Crippen molar-refractivity contribution in [3.8, 4) is 0 Å². The highest BCUT2D eigenvalue weighted by molar-refractivity contribution is 4.80. The van der Waals surface area contributed by atoms with Crippen molar-refractivity contribution < 1.29 is 0 Å². The first-order chi connectivity index (χ1) is 8.83. The lowest BCUT2D eigenvalue weighted by molar-refractivity contribution is 0.134. The van der Waals surface area contributed by atoms with Gasteiger partial charge in [-0.1, -0.05) is 34.6 Å². The smallest absolute Gasteiger partial charge is 0.0109 e. The van der Waals surface area contributed by atoms with Gasteiger partial charge in [0.05, 0.1) is 0 Å². The van der Waals surface area contributed by atoms with Crippen molar-refractivity contribution in [2.45, 2.75) is 41.0 Å². The van der Waals surface area contributed by atoms with E-state index >= 15 is 0 Å². The standard InChI is InChI=1S/C16H37N3/c1-8-16(5,13-17-9-2)14-19(12-15(3)4)11-10-18(6)7/h15,17H,8-14H2,1-7H3. The summed E-state index contributed by atoms with van der Waals surface area (Å²) in [5, 5.41) is 3.53. The molecule has 19 heavy (non-hydrogen) atoms. The van der Waals surface area contributed by atoms with E-state index in [4.69, 9.17) is 0 Å². The van der Waals surface area contributed by atoms with Crippen LogP contribution in [0.5, 0.6) is 0 Å². The zero-order valence-electron chi connectivity index (χ0n) is 14.4. The SMILES string of the molecule is CCNCC(C)(CC)CN(CCN(C)C)CC(C)C. The zero-order chi connectivity index (χ0) is 14.9. The first-order valence-electron chi connectivity index (χ1n) is 7.90. The van der Waals surface area contributed by atoms with Gasteiger partial charge in [0.25, 0.3) is 0 Å². The maximum absolute atomic E-state index is 3.53. The number of hydrogen-bond acceptors (Lipinski definition) is 3. The topological polar surface area (TPSA) is 18.5 Å². The largest absolute Gasteiger partial charge is 0.316 e. The molecule has 116 valence electrons. The van der Waals surface area contributed by atoms with Crippen LogP contribution >= 0.6 is 0 Å². The molecule has 3 heteroatoms. The second kappa shape index (κ2) is 9.73. The molecule has 1 atom stereocenters. The van der Waals surface area contributed by atoms with E-state index in [1.54, 1.807) is 0 Å². The highest BCUT2D eigenvalue weighted by Gasteiger charge is 2.25. The van der Waals surface area contributed by atoms with Gasteiger partial charge in [-0.2, -0.15) is 0 Å². The zero-order valence-corrected chi connectivity index (χ0v) is 14.4. The Morgan fingerprint density at radius 1 is 1.11 bits per heavy atom. The number of likely N-dealkylation sites (N-methyl/N-ethyl adjacent to an activating group) is 1. The van der Waals surface area contributed by atoms with Crippen LogP contribution in [-0.4, -0.2) is 63.2 Å². The molecule has 0 aromatic heterocycles. The van der Waals surface area contributed by atoms with Crippen LogP contribution in [0.2, 0.25) is 0 Å². The van der Waals surface area contributed by atoms with Gasteiger partial charge in [-0.3, -0.25) is 0 Å². The molecule has 0 saturated heterocycles. The molecule has 0 aliphatic carbocycles. The van der Waals surface area contributed by atoms with Crippen LogP contribution in [0.4, 0.5) is 0 Å². The summed E-state index contributed by atoms with van der Waals surface area (Å²) in [6.45, 7) is 18.5. The lowest BCUT2D eigenvalue weighted by Crippen LogP contribution is -2.45. The molecule has 0 aromatic rings. The van der Waals surface area contributed by atoms with Gasteiger partial charge in [0.2, 0.25) is 0 Å². The highest BCUT2D eigenvalue weighted by Crippen LogP contribution is 2.22. The van der Waals surface area contributed by atoms with E-state index in [0.717, 1.165) is 25.6 Å². The molecule has 0 fully saturated rings. The molecule has 0 saturated carbocycles. The Bertz CT molecular complexity index is 216. The lowest BCUT2D eigenvalue weighted by Gasteiger charge is -2.36.